The van der Waals surface area contributed by atoms with E-state index in [1.165, 1.54) is 0 Å². The number of primary amides is 1. The molecule has 2 aromatic heterocycles. The summed E-state index contributed by atoms with van der Waals surface area (Å²) in [6, 6.07) is 1.63. The normalized spacial score (nSPS) is 9.31. The Bertz CT molecular complexity index is 520. The summed E-state index contributed by atoms with van der Waals surface area (Å²) in [5.74, 6) is -0.525. The SMILES string of the molecule is Cn1ncc2cnc(C(N)=O)cc21.O=CO. The molecule has 7 nitrogen and oxygen atoms in total. The van der Waals surface area contributed by atoms with E-state index in [-0.39, 0.29) is 12.2 Å². The number of hydrogen-bond donors (Lipinski definition) is 2. The molecule has 2 heterocycles. The Morgan fingerprint density at radius 1 is 1.56 bits per heavy atom. The lowest BCUT2D eigenvalue weighted by Crippen LogP contribution is -2.12. The van der Waals surface area contributed by atoms with Crippen molar-refractivity contribution in [1.82, 2.24) is 14.8 Å². The Labute approximate surface area is 90.5 Å². The first kappa shape index (κ1) is 11.6. The van der Waals surface area contributed by atoms with Gasteiger partial charge in [-0.05, 0) is 6.07 Å². The third-order valence-electron chi connectivity index (χ3n) is 1.88. The van der Waals surface area contributed by atoms with Gasteiger partial charge in [-0.15, -0.1) is 0 Å². The van der Waals surface area contributed by atoms with Crippen LogP contribution < -0.4 is 5.73 Å². The van der Waals surface area contributed by atoms with Crippen LogP contribution in [0.1, 0.15) is 10.5 Å². The lowest BCUT2D eigenvalue weighted by atomic mass is 10.3. The Morgan fingerprint density at radius 2 is 2.19 bits per heavy atom. The van der Waals surface area contributed by atoms with Crippen molar-refractivity contribution in [2.45, 2.75) is 0 Å². The summed E-state index contributed by atoms with van der Waals surface area (Å²) in [4.78, 5) is 23.1. The first-order valence-electron chi connectivity index (χ1n) is 4.25. The highest BCUT2D eigenvalue weighted by molar-refractivity contribution is 5.94. The summed E-state index contributed by atoms with van der Waals surface area (Å²) in [5, 5.41) is 11.8. The minimum Gasteiger partial charge on any atom is -0.483 e. The van der Waals surface area contributed by atoms with E-state index in [0.29, 0.717) is 0 Å². The molecule has 3 N–H and O–H groups in total. The zero-order valence-electron chi connectivity index (χ0n) is 8.49. The van der Waals surface area contributed by atoms with Crippen LogP contribution in [0.15, 0.2) is 18.5 Å². The molecular formula is C9H10N4O3. The fourth-order valence-electron chi connectivity index (χ4n) is 1.18. The molecule has 0 fully saturated rings. The summed E-state index contributed by atoms with van der Waals surface area (Å²) in [5.41, 5.74) is 6.20. The first-order chi connectivity index (χ1) is 7.60. The molecule has 0 saturated heterocycles. The fraction of sp³-hybridized carbons (Fsp3) is 0.111. The topological polar surface area (TPSA) is 111 Å². The number of aryl methyl sites for hydroxylation is 1. The number of hydrogen-bond acceptors (Lipinski definition) is 4. The van der Waals surface area contributed by atoms with Crippen LogP contribution in [0.3, 0.4) is 0 Å². The van der Waals surface area contributed by atoms with Gasteiger partial charge in [0.2, 0.25) is 0 Å². The van der Waals surface area contributed by atoms with E-state index < -0.39 is 5.91 Å². The average Bonchev–Trinajstić information content (AvgIpc) is 2.61. The minimum atomic E-state index is -0.525. The monoisotopic (exact) mass is 222 g/mol. The van der Waals surface area contributed by atoms with Crippen molar-refractivity contribution in [2.24, 2.45) is 12.8 Å². The lowest BCUT2D eigenvalue weighted by Gasteiger charge is -1.96. The molecule has 0 aliphatic carbocycles. The van der Waals surface area contributed by atoms with Crippen LogP contribution in [0.2, 0.25) is 0 Å². The third kappa shape index (κ3) is 2.32. The van der Waals surface area contributed by atoms with Gasteiger partial charge in [0.25, 0.3) is 12.4 Å². The number of carboxylic acid groups (broad SMARTS) is 1. The number of carbonyl (C=O) groups is 2. The van der Waals surface area contributed by atoms with E-state index in [9.17, 15) is 4.79 Å². The number of rotatable bonds is 1. The van der Waals surface area contributed by atoms with Gasteiger partial charge in [0.15, 0.2) is 0 Å². The molecule has 0 unspecified atom stereocenters. The molecule has 0 bridgehead atoms. The predicted molar refractivity (Wildman–Crippen MR) is 55.7 cm³/mol. The molecule has 0 atom stereocenters. The van der Waals surface area contributed by atoms with Crippen molar-refractivity contribution in [1.29, 1.82) is 0 Å². The summed E-state index contributed by atoms with van der Waals surface area (Å²) in [7, 11) is 1.80. The molecule has 7 heteroatoms. The number of carbonyl (C=O) groups excluding carboxylic acids is 1. The van der Waals surface area contributed by atoms with E-state index in [1.807, 2.05) is 0 Å². The Kier molecular flexibility index (Phi) is 3.54. The van der Waals surface area contributed by atoms with Crippen LogP contribution in [0, 0.1) is 0 Å². The highest BCUT2D eigenvalue weighted by atomic mass is 16.3. The Balaban J connectivity index is 0.000000386. The summed E-state index contributed by atoms with van der Waals surface area (Å²) in [6.07, 6.45) is 3.27. The second kappa shape index (κ2) is 4.87. The summed E-state index contributed by atoms with van der Waals surface area (Å²) in [6.45, 7) is -0.250. The van der Waals surface area contributed by atoms with Gasteiger partial charge in [-0.2, -0.15) is 5.10 Å². The third-order valence-corrected chi connectivity index (χ3v) is 1.88. The van der Waals surface area contributed by atoms with Gasteiger partial charge in [0.05, 0.1) is 11.7 Å². The predicted octanol–water partition coefficient (Wildman–Crippen LogP) is -0.232. The largest absolute Gasteiger partial charge is 0.483 e. The van der Waals surface area contributed by atoms with Gasteiger partial charge in [0, 0.05) is 18.6 Å². The number of amides is 1. The van der Waals surface area contributed by atoms with E-state index in [2.05, 4.69) is 10.1 Å². The molecule has 84 valence electrons. The molecule has 0 spiro atoms. The number of nitrogens with two attached hydrogens (primary N) is 1. The highest BCUT2D eigenvalue weighted by Gasteiger charge is 2.05. The number of aromatic nitrogens is 3. The van der Waals surface area contributed by atoms with Crippen LogP contribution >= 0.6 is 0 Å². The maximum Gasteiger partial charge on any atom is 0.290 e. The van der Waals surface area contributed by atoms with Crippen LogP contribution in [0.5, 0.6) is 0 Å². The Morgan fingerprint density at radius 3 is 2.75 bits per heavy atom. The molecular weight excluding hydrogens is 212 g/mol. The summed E-state index contributed by atoms with van der Waals surface area (Å²) < 4.78 is 1.67. The Hall–Kier alpha value is -2.44. The van der Waals surface area contributed by atoms with Crippen LogP contribution in [0.25, 0.3) is 10.9 Å². The molecule has 0 radical (unpaired) electrons. The highest BCUT2D eigenvalue weighted by Crippen LogP contribution is 2.11. The van der Waals surface area contributed by atoms with Crippen molar-refractivity contribution < 1.29 is 14.7 Å². The lowest BCUT2D eigenvalue weighted by molar-refractivity contribution is -0.122. The van der Waals surface area contributed by atoms with Crippen LogP contribution in [-0.2, 0) is 11.8 Å². The quantitative estimate of drug-likeness (QED) is 0.647. The van der Waals surface area contributed by atoms with Crippen molar-refractivity contribution in [3.05, 3.63) is 24.2 Å². The fourth-order valence-corrected chi connectivity index (χ4v) is 1.18. The zero-order chi connectivity index (χ0) is 12.1. The van der Waals surface area contributed by atoms with Crippen molar-refractivity contribution >= 4 is 23.3 Å². The van der Waals surface area contributed by atoms with Gasteiger partial charge in [-0.25, -0.2) is 0 Å². The summed E-state index contributed by atoms with van der Waals surface area (Å²) >= 11 is 0. The van der Waals surface area contributed by atoms with E-state index in [4.69, 9.17) is 15.6 Å². The van der Waals surface area contributed by atoms with Gasteiger partial charge < -0.3 is 10.8 Å². The van der Waals surface area contributed by atoms with Gasteiger partial charge in [-0.3, -0.25) is 19.3 Å². The number of fused-ring (bicyclic) bond motifs is 1. The maximum atomic E-state index is 10.8. The van der Waals surface area contributed by atoms with E-state index in [1.54, 1.807) is 30.2 Å². The second-order valence-corrected chi connectivity index (χ2v) is 2.87. The number of pyridine rings is 1. The smallest absolute Gasteiger partial charge is 0.290 e. The van der Waals surface area contributed by atoms with E-state index in [0.717, 1.165) is 10.9 Å². The minimum absolute atomic E-state index is 0.250. The van der Waals surface area contributed by atoms with Crippen molar-refractivity contribution in [2.75, 3.05) is 0 Å². The van der Waals surface area contributed by atoms with Crippen molar-refractivity contribution in [3.63, 3.8) is 0 Å². The van der Waals surface area contributed by atoms with Crippen molar-refractivity contribution in [3.8, 4) is 0 Å². The molecule has 0 aliphatic rings. The average molecular weight is 222 g/mol. The van der Waals surface area contributed by atoms with E-state index >= 15 is 0 Å². The molecule has 0 saturated carbocycles. The van der Waals surface area contributed by atoms with Gasteiger partial charge in [0.1, 0.15) is 5.69 Å². The molecule has 1 amide bonds. The van der Waals surface area contributed by atoms with Crippen LogP contribution in [-0.4, -0.2) is 32.3 Å². The van der Waals surface area contributed by atoms with Gasteiger partial charge >= 0.3 is 0 Å². The first-order valence-corrected chi connectivity index (χ1v) is 4.25. The molecule has 2 aromatic rings. The van der Waals surface area contributed by atoms with Crippen LogP contribution in [0.4, 0.5) is 0 Å². The maximum absolute atomic E-state index is 10.8. The molecule has 0 aromatic carbocycles. The molecule has 0 aliphatic heterocycles. The zero-order valence-corrected chi connectivity index (χ0v) is 8.49. The number of nitrogens with zero attached hydrogens (tertiary/aromatic N) is 3. The standard InChI is InChI=1S/C8H8N4O.CH2O2/c1-12-7-2-6(8(9)13)10-3-5(7)4-11-12;2-1-3/h2-4H,1H3,(H2,9,13);1H,(H,2,3). The second-order valence-electron chi connectivity index (χ2n) is 2.87. The molecule has 2 rings (SSSR count). The van der Waals surface area contributed by atoms with Gasteiger partial charge in [-0.1, -0.05) is 0 Å². The molecule has 16 heavy (non-hydrogen) atoms.